The maximum Gasteiger partial charge on any atom is 0.418 e. The van der Waals surface area contributed by atoms with Crippen LogP contribution in [0.15, 0.2) is 16.6 Å². The van der Waals surface area contributed by atoms with E-state index in [0.29, 0.717) is 0 Å². The van der Waals surface area contributed by atoms with Gasteiger partial charge in [-0.2, -0.15) is 18.4 Å². The average molecular weight is 322 g/mol. The molecule has 1 aromatic rings. The SMILES string of the molecule is CCOC(=O)c1cc(C#N)cc(Br)c1C(F)(F)F. The number of esters is 1. The smallest absolute Gasteiger partial charge is 0.418 e. The first-order chi connectivity index (χ1) is 8.31. The lowest BCUT2D eigenvalue weighted by Gasteiger charge is -2.14. The fraction of sp³-hybridized carbons (Fsp3) is 0.273. The standard InChI is InChI=1S/C11H7BrF3NO2/c1-2-18-10(17)7-3-6(5-16)4-8(12)9(7)11(13,14)15/h3-4H,2H2,1H3. The van der Waals surface area contributed by atoms with Gasteiger partial charge >= 0.3 is 12.1 Å². The topological polar surface area (TPSA) is 50.1 Å². The summed E-state index contributed by atoms with van der Waals surface area (Å²) in [5, 5.41) is 8.69. The van der Waals surface area contributed by atoms with E-state index >= 15 is 0 Å². The lowest BCUT2D eigenvalue weighted by atomic mass is 10.0. The van der Waals surface area contributed by atoms with Gasteiger partial charge in [-0.3, -0.25) is 0 Å². The molecule has 7 heteroatoms. The Morgan fingerprint density at radius 2 is 2.11 bits per heavy atom. The zero-order valence-electron chi connectivity index (χ0n) is 9.14. The van der Waals surface area contributed by atoms with E-state index in [0.717, 1.165) is 12.1 Å². The number of hydrogen-bond acceptors (Lipinski definition) is 3. The summed E-state index contributed by atoms with van der Waals surface area (Å²) >= 11 is 2.72. The predicted octanol–water partition coefficient (Wildman–Crippen LogP) is 3.52. The first kappa shape index (κ1) is 14.5. The molecule has 1 aromatic carbocycles. The Hall–Kier alpha value is -1.55. The summed E-state index contributed by atoms with van der Waals surface area (Å²) < 4.78 is 42.7. The second-order valence-electron chi connectivity index (χ2n) is 3.21. The molecule has 18 heavy (non-hydrogen) atoms. The maximum absolute atomic E-state index is 12.8. The Balaban J connectivity index is 3.50. The summed E-state index contributed by atoms with van der Waals surface area (Å²) in [7, 11) is 0. The highest BCUT2D eigenvalue weighted by atomic mass is 79.9. The Kier molecular flexibility index (Phi) is 4.35. The molecule has 0 unspecified atom stereocenters. The van der Waals surface area contributed by atoms with Crippen molar-refractivity contribution in [1.29, 1.82) is 5.26 Å². The van der Waals surface area contributed by atoms with Crippen molar-refractivity contribution in [1.82, 2.24) is 0 Å². The maximum atomic E-state index is 12.8. The Labute approximate surface area is 109 Å². The Morgan fingerprint density at radius 3 is 2.56 bits per heavy atom. The van der Waals surface area contributed by atoms with Crippen LogP contribution in [-0.4, -0.2) is 12.6 Å². The highest BCUT2D eigenvalue weighted by Gasteiger charge is 2.38. The van der Waals surface area contributed by atoms with Gasteiger partial charge in [0.15, 0.2) is 0 Å². The van der Waals surface area contributed by atoms with Crippen LogP contribution in [0.25, 0.3) is 0 Å². The van der Waals surface area contributed by atoms with Crippen molar-refractivity contribution in [2.45, 2.75) is 13.1 Å². The third kappa shape index (κ3) is 3.01. The number of hydrogen-bond donors (Lipinski definition) is 0. The van der Waals surface area contributed by atoms with E-state index in [-0.39, 0.29) is 16.6 Å². The summed E-state index contributed by atoms with van der Waals surface area (Å²) in [5.41, 5.74) is -1.87. The van der Waals surface area contributed by atoms with Crippen molar-refractivity contribution in [3.05, 3.63) is 33.3 Å². The van der Waals surface area contributed by atoms with Crippen molar-refractivity contribution < 1.29 is 22.7 Å². The van der Waals surface area contributed by atoms with Gasteiger partial charge in [0.2, 0.25) is 0 Å². The summed E-state index contributed by atoms with van der Waals surface area (Å²) in [4.78, 5) is 11.5. The van der Waals surface area contributed by atoms with Gasteiger partial charge < -0.3 is 4.74 Å². The van der Waals surface area contributed by atoms with Crippen LogP contribution in [0.5, 0.6) is 0 Å². The number of ether oxygens (including phenoxy) is 1. The highest BCUT2D eigenvalue weighted by molar-refractivity contribution is 9.10. The van der Waals surface area contributed by atoms with E-state index in [1.165, 1.54) is 6.92 Å². The molecular weight excluding hydrogens is 315 g/mol. The van der Waals surface area contributed by atoms with Crippen molar-refractivity contribution in [2.24, 2.45) is 0 Å². The van der Waals surface area contributed by atoms with Gasteiger partial charge in [-0.1, -0.05) is 15.9 Å². The first-order valence-corrected chi connectivity index (χ1v) is 5.58. The minimum absolute atomic E-state index is 0.0511. The number of carbonyl (C=O) groups excluding carboxylic acids is 1. The van der Waals surface area contributed by atoms with Crippen molar-refractivity contribution >= 4 is 21.9 Å². The lowest BCUT2D eigenvalue weighted by Crippen LogP contribution is -2.16. The van der Waals surface area contributed by atoms with Gasteiger partial charge in [0.05, 0.1) is 29.4 Å². The molecule has 3 nitrogen and oxygen atoms in total. The zero-order valence-corrected chi connectivity index (χ0v) is 10.7. The fourth-order valence-corrected chi connectivity index (χ4v) is 2.01. The van der Waals surface area contributed by atoms with Gasteiger partial charge in [-0.15, -0.1) is 0 Å². The summed E-state index contributed by atoms with van der Waals surface area (Å²) in [6.07, 6.45) is -4.71. The van der Waals surface area contributed by atoms with Crippen LogP contribution < -0.4 is 0 Å². The number of halogens is 4. The molecule has 1 rings (SSSR count). The van der Waals surface area contributed by atoms with Gasteiger partial charge in [-0.05, 0) is 19.1 Å². The second kappa shape index (κ2) is 5.40. The minimum Gasteiger partial charge on any atom is -0.462 e. The summed E-state index contributed by atoms with van der Waals surface area (Å²) in [6, 6.07) is 3.55. The van der Waals surface area contributed by atoms with Gasteiger partial charge in [0.25, 0.3) is 0 Å². The van der Waals surface area contributed by atoms with Crippen LogP contribution in [0.3, 0.4) is 0 Å². The first-order valence-electron chi connectivity index (χ1n) is 4.79. The van der Waals surface area contributed by atoms with Gasteiger partial charge in [0, 0.05) is 4.47 Å². The number of nitriles is 1. The highest BCUT2D eigenvalue weighted by Crippen LogP contribution is 2.38. The number of nitrogens with zero attached hydrogens (tertiary/aromatic N) is 1. The molecule has 0 bridgehead atoms. The molecule has 0 aliphatic carbocycles. The quantitative estimate of drug-likeness (QED) is 0.783. The van der Waals surface area contributed by atoms with Crippen LogP contribution in [0.1, 0.15) is 28.4 Å². The number of carbonyl (C=O) groups is 1. The zero-order chi connectivity index (χ0) is 13.9. The van der Waals surface area contributed by atoms with Crippen LogP contribution in [0.2, 0.25) is 0 Å². The second-order valence-corrected chi connectivity index (χ2v) is 4.06. The van der Waals surface area contributed by atoms with Crippen LogP contribution in [-0.2, 0) is 10.9 Å². The molecule has 0 aromatic heterocycles. The molecule has 0 aliphatic heterocycles. The van der Waals surface area contributed by atoms with E-state index < -0.39 is 23.3 Å². The average Bonchev–Trinajstić information content (AvgIpc) is 2.26. The molecule has 0 fully saturated rings. The molecule has 0 saturated heterocycles. The number of alkyl halides is 3. The molecule has 0 amide bonds. The van der Waals surface area contributed by atoms with E-state index in [1.54, 1.807) is 6.07 Å². The monoisotopic (exact) mass is 321 g/mol. The molecule has 0 saturated carbocycles. The fourth-order valence-electron chi connectivity index (χ4n) is 1.33. The molecular formula is C11H7BrF3NO2. The predicted molar refractivity (Wildman–Crippen MR) is 59.8 cm³/mol. The Bertz CT molecular complexity index is 520. The lowest BCUT2D eigenvalue weighted by molar-refractivity contribution is -0.138. The van der Waals surface area contributed by atoms with Crippen LogP contribution in [0, 0.1) is 11.3 Å². The normalized spacial score (nSPS) is 10.9. The van der Waals surface area contributed by atoms with Crippen molar-refractivity contribution in [3.8, 4) is 6.07 Å². The molecule has 0 radical (unpaired) electrons. The largest absolute Gasteiger partial charge is 0.462 e. The van der Waals surface area contributed by atoms with E-state index in [1.807, 2.05) is 0 Å². The van der Waals surface area contributed by atoms with Gasteiger partial charge in [-0.25, -0.2) is 4.79 Å². The molecule has 96 valence electrons. The van der Waals surface area contributed by atoms with Gasteiger partial charge in [0.1, 0.15) is 0 Å². The molecule has 0 atom stereocenters. The third-order valence-electron chi connectivity index (χ3n) is 2.00. The summed E-state index contributed by atoms with van der Waals surface area (Å²) in [5.74, 6) is -1.11. The third-order valence-corrected chi connectivity index (χ3v) is 2.62. The van der Waals surface area contributed by atoms with Crippen LogP contribution >= 0.6 is 15.9 Å². The Morgan fingerprint density at radius 1 is 1.50 bits per heavy atom. The molecule has 0 N–H and O–H groups in total. The van der Waals surface area contributed by atoms with E-state index in [9.17, 15) is 18.0 Å². The minimum atomic E-state index is -4.71. The molecule has 0 heterocycles. The van der Waals surface area contributed by atoms with E-state index in [2.05, 4.69) is 20.7 Å². The van der Waals surface area contributed by atoms with Crippen LogP contribution in [0.4, 0.5) is 13.2 Å². The number of rotatable bonds is 2. The van der Waals surface area contributed by atoms with Crippen molar-refractivity contribution in [3.63, 3.8) is 0 Å². The van der Waals surface area contributed by atoms with E-state index in [4.69, 9.17) is 5.26 Å². The number of benzene rings is 1. The van der Waals surface area contributed by atoms with Crippen molar-refractivity contribution in [2.75, 3.05) is 6.61 Å². The summed E-state index contributed by atoms with van der Waals surface area (Å²) in [6.45, 7) is 1.43. The molecule has 0 spiro atoms. The molecule has 0 aliphatic rings.